The highest BCUT2D eigenvalue weighted by Gasteiger charge is 2.13. The zero-order valence-electron chi connectivity index (χ0n) is 17.4. The number of carbonyl (C=O) groups excluding carboxylic acids is 1. The molecule has 1 N–H and O–H groups in total. The van der Waals surface area contributed by atoms with Gasteiger partial charge in [0.05, 0.1) is 5.75 Å². The van der Waals surface area contributed by atoms with Crippen molar-refractivity contribution in [2.75, 3.05) is 11.1 Å². The third kappa shape index (κ3) is 4.83. The van der Waals surface area contributed by atoms with Crippen LogP contribution in [0.4, 0.5) is 5.69 Å². The molecule has 0 unspecified atom stereocenters. The summed E-state index contributed by atoms with van der Waals surface area (Å²) in [7, 11) is 0. The summed E-state index contributed by atoms with van der Waals surface area (Å²) in [6.45, 7) is 6.25. The number of aryl methyl sites for hydroxylation is 1. The molecule has 0 aliphatic carbocycles. The molecule has 0 saturated carbocycles. The lowest BCUT2D eigenvalue weighted by Crippen LogP contribution is -2.15. The van der Waals surface area contributed by atoms with Crippen molar-refractivity contribution in [2.24, 2.45) is 0 Å². The summed E-state index contributed by atoms with van der Waals surface area (Å²) in [4.78, 5) is 12.6. The summed E-state index contributed by atoms with van der Waals surface area (Å²) in [6, 6.07) is 13.9. The number of anilines is 1. The van der Waals surface area contributed by atoms with E-state index in [0.29, 0.717) is 22.7 Å². The number of benzene rings is 2. The van der Waals surface area contributed by atoms with Gasteiger partial charge >= 0.3 is 0 Å². The second kappa shape index (κ2) is 9.13. The van der Waals surface area contributed by atoms with Crippen molar-refractivity contribution in [3.05, 3.63) is 66.3 Å². The van der Waals surface area contributed by atoms with Crippen molar-refractivity contribution >= 4 is 23.4 Å². The third-order valence-electron chi connectivity index (χ3n) is 4.81. The molecule has 0 radical (unpaired) electrons. The Balaban J connectivity index is 1.42. The molecule has 0 aliphatic rings. The molecule has 0 bridgehead atoms. The summed E-state index contributed by atoms with van der Waals surface area (Å²) >= 11 is 1.33. The van der Waals surface area contributed by atoms with Gasteiger partial charge in [-0.15, -0.1) is 20.4 Å². The predicted octanol–water partition coefficient (Wildman–Crippen LogP) is 4.48. The van der Waals surface area contributed by atoms with Gasteiger partial charge in [-0.25, -0.2) is 0 Å². The molecular formula is C22H22N6O2S. The van der Waals surface area contributed by atoms with E-state index in [0.717, 1.165) is 16.8 Å². The first-order valence-electron chi connectivity index (χ1n) is 9.81. The number of hydrogen-bond donors (Lipinski definition) is 1. The lowest BCUT2D eigenvalue weighted by atomic mass is 10.0. The molecule has 4 aromatic rings. The quantitative estimate of drug-likeness (QED) is 0.428. The Labute approximate surface area is 184 Å². The number of aromatic nitrogens is 5. The first-order chi connectivity index (χ1) is 15.0. The predicted molar refractivity (Wildman–Crippen MR) is 119 cm³/mol. The monoisotopic (exact) mass is 434 g/mol. The minimum absolute atomic E-state index is 0.138. The molecule has 4 rings (SSSR count). The average molecular weight is 435 g/mol. The molecule has 1 amide bonds. The van der Waals surface area contributed by atoms with E-state index in [1.807, 2.05) is 41.8 Å². The van der Waals surface area contributed by atoms with Gasteiger partial charge in [0.2, 0.25) is 18.2 Å². The number of nitrogens with one attached hydrogen (secondary N) is 1. The van der Waals surface area contributed by atoms with Crippen molar-refractivity contribution < 1.29 is 9.21 Å². The highest BCUT2D eigenvalue weighted by atomic mass is 32.2. The Morgan fingerprint density at radius 2 is 1.94 bits per heavy atom. The van der Waals surface area contributed by atoms with Gasteiger partial charge in [-0.2, -0.15) is 0 Å². The standard InChI is InChI=1S/C22H22N6O2S/c1-14(2)16-6-8-18(9-7-16)28-12-23-27-22(28)31-11-20(29)25-19-10-17(5-4-15(19)3)21-26-24-13-30-21/h4-10,12-14H,11H2,1-3H3,(H,25,29). The van der Waals surface area contributed by atoms with Gasteiger partial charge in [0.1, 0.15) is 6.33 Å². The van der Waals surface area contributed by atoms with Gasteiger partial charge in [-0.3, -0.25) is 9.36 Å². The number of nitrogens with zero attached hydrogens (tertiary/aromatic N) is 5. The van der Waals surface area contributed by atoms with Crippen molar-refractivity contribution in [1.29, 1.82) is 0 Å². The Hall–Kier alpha value is -3.46. The summed E-state index contributed by atoms with van der Waals surface area (Å²) in [6.07, 6.45) is 2.93. The molecular weight excluding hydrogens is 412 g/mol. The summed E-state index contributed by atoms with van der Waals surface area (Å²) in [5, 5.41) is 19.4. The van der Waals surface area contributed by atoms with Gasteiger partial charge in [-0.05, 0) is 48.2 Å². The number of carbonyl (C=O) groups is 1. The average Bonchev–Trinajstić information content (AvgIpc) is 3.46. The van der Waals surface area contributed by atoms with Crippen LogP contribution in [-0.2, 0) is 4.79 Å². The first-order valence-corrected chi connectivity index (χ1v) is 10.8. The second-order valence-corrected chi connectivity index (χ2v) is 8.28. The van der Waals surface area contributed by atoms with E-state index in [4.69, 9.17) is 4.42 Å². The Morgan fingerprint density at radius 3 is 2.65 bits per heavy atom. The van der Waals surface area contributed by atoms with Crippen molar-refractivity contribution in [1.82, 2.24) is 25.0 Å². The Morgan fingerprint density at radius 1 is 1.13 bits per heavy atom. The molecule has 2 aromatic heterocycles. The zero-order valence-corrected chi connectivity index (χ0v) is 18.3. The highest BCUT2D eigenvalue weighted by molar-refractivity contribution is 7.99. The fraction of sp³-hybridized carbons (Fsp3) is 0.227. The number of amides is 1. The Bertz CT molecular complexity index is 1170. The van der Waals surface area contributed by atoms with Crippen LogP contribution in [0.5, 0.6) is 0 Å². The maximum absolute atomic E-state index is 12.6. The van der Waals surface area contributed by atoms with Gasteiger partial charge in [0.15, 0.2) is 5.16 Å². The molecule has 0 spiro atoms. The van der Waals surface area contributed by atoms with E-state index in [1.165, 1.54) is 23.7 Å². The fourth-order valence-corrected chi connectivity index (χ4v) is 3.75. The minimum atomic E-state index is -0.138. The van der Waals surface area contributed by atoms with Crippen LogP contribution in [0.2, 0.25) is 0 Å². The van der Waals surface area contributed by atoms with E-state index in [9.17, 15) is 4.79 Å². The van der Waals surface area contributed by atoms with Crippen molar-refractivity contribution in [3.8, 4) is 17.1 Å². The summed E-state index contributed by atoms with van der Waals surface area (Å²) < 4.78 is 7.11. The van der Waals surface area contributed by atoms with E-state index < -0.39 is 0 Å². The van der Waals surface area contributed by atoms with Crippen molar-refractivity contribution in [2.45, 2.75) is 31.8 Å². The highest BCUT2D eigenvalue weighted by Crippen LogP contribution is 2.25. The molecule has 0 aliphatic heterocycles. The molecule has 0 fully saturated rings. The number of rotatable bonds is 7. The van der Waals surface area contributed by atoms with Crippen LogP contribution in [-0.4, -0.2) is 36.6 Å². The van der Waals surface area contributed by atoms with Crippen LogP contribution >= 0.6 is 11.8 Å². The maximum atomic E-state index is 12.6. The van der Waals surface area contributed by atoms with Crippen molar-refractivity contribution in [3.63, 3.8) is 0 Å². The molecule has 31 heavy (non-hydrogen) atoms. The number of thioether (sulfide) groups is 1. The van der Waals surface area contributed by atoms with E-state index in [-0.39, 0.29) is 11.7 Å². The third-order valence-corrected chi connectivity index (χ3v) is 5.75. The minimum Gasteiger partial charge on any atom is -0.423 e. The molecule has 0 atom stereocenters. The van der Waals surface area contributed by atoms with Crippen LogP contribution in [0.3, 0.4) is 0 Å². The Kier molecular flexibility index (Phi) is 6.13. The fourth-order valence-electron chi connectivity index (χ4n) is 3.02. The lowest BCUT2D eigenvalue weighted by Gasteiger charge is -2.10. The summed E-state index contributed by atoms with van der Waals surface area (Å²) in [5.41, 5.74) is 4.61. The molecule has 0 saturated heterocycles. The topological polar surface area (TPSA) is 98.7 Å². The van der Waals surface area contributed by atoms with Gasteiger partial charge in [0, 0.05) is 16.9 Å². The van der Waals surface area contributed by atoms with Crippen LogP contribution in [0.15, 0.2) is 64.8 Å². The van der Waals surface area contributed by atoms with E-state index >= 15 is 0 Å². The molecule has 2 heterocycles. The van der Waals surface area contributed by atoms with Gasteiger partial charge < -0.3 is 9.73 Å². The maximum Gasteiger partial charge on any atom is 0.247 e. The van der Waals surface area contributed by atoms with E-state index in [1.54, 1.807) is 6.33 Å². The van der Waals surface area contributed by atoms with Crippen LogP contribution in [0, 0.1) is 6.92 Å². The smallest absolute Gasteiger partial charge is 0.247 e. The van der Waals surface area contributed by atoms with Gasteiger partial charge in [0.25, 0.3) is 0 Å². The molecule has 8 nitrogen and oxygen atoms in total. The van der Waals surface area contributed by atoms with Gasteiger partial charge in [-0.1, -0.05) is 43.8 Å². The zero-order chi connectivity index (χ0) is 21.8. The SMILES string of the molecule is Cc1ccc(-c2nnco2)cc1NC(=O)CSc1nncn1-c1ccc(C(C)C)cc1. The molecule has 9 heteroatoms. The summed E-state index contributed by atoms with van der Waals surface area (Å²) in [5.74, 6) is 0.934. The lowest BCUT2D eigenvalue weighted by molar-refractivity contribution is -0.113. The second-order valence-electron chi connectivity index (χ2n) is 7.34. The molecule has 158 valence electrons. The normalized spacial score (nSPS) is 11.1. The molecule has 2 aromatic carbocycles. The van der Waals surface area contributed by atoms with Crippen LogP contribution in [0.1, 0.15) is 30.9 Å². The largest absolute Gasteiger partial charge is 0.423 e. The van der Waals surface area contributed by atoms with Crippen LogP contribution < -0.4 is 5.32 Å². The first kappa shape index (κ1) is 20.8. The number of hydrogen-bond acceptors (Lipinski definition) is 7. The van der Waals surface area contributed by atoms with E-state index in [2.05, 4.69) is 51.7 Å². The van der Waals surface area contributed by atoms with Crippen LogP contribution in [0.25, 0.3) is 17.1 Å².